The van der Waals surface area contributed by atoms with Crippen LogP contribution in [-0.4, -0.2) is 32.6 Å². The summed E-state index contributed by atoms with van der Waals surface area (Å²) in [5, 5.41) is 20.0. The fourth-order valence-electron chi connectivity index (χ4n) is 3.41. The van der Waals surface area contributed by atoms with Crippen LogP contribution in [0.15, 0.2) is 66.7 Å². The number of nitrogen functional groups attached to an aromatic ring is 1. The first-order chi connectivity index (χ1) is 14.1. The highest BCUT2D eigenvalue weighted by Gasteiger charge is 2.22. The molecule has 146 valence electrons. The fraction of sp³-hybridized carbons (Fsp3) is 0.143. The Morgan fingerprint density at radius 1 is 1.10 bits per heavy atom. The summed E-state index contributed by atoms with van der Waals surface area (Å²) in [5.41, 5.74) is 9.10. The molecular weight excluding hydrogens is 368 g/mol. The number of aromatic nitrogens is 4. The average Bonchev–Trinajstić information content (AvgIpc) is 3.14. The number of carbonyl (C=O) groups is 1. The van der Waals surface area contributed by atoms with Crippen LogP contribution in [0.2, 0.25) is 0 Å². The molecule has 0 bridgehead atoms. The smallest absolute Gasteiger partial charge is 0.156 e. The minimum Gasteiger partial charge on any atom is -0.530 e. The van der Waals surface area contributed by atoms with Crippen LogP contribution < -0.4 is 15.7 Å². The second-order valence-corrected chi connectivity index (χ2v) is 6.50. The molecule has 4 rings (SSSR count). The molecule has 2 heterocycles. The van der Waals surface area contributed by atoms with Gasteiger partial charge in [0, 0.05) is 12.6 Å². The van der Waals surface area contributed by atoms with Gasteiger partial charge in [0.15, 0.2) is 11.3 Å². The molecule has 0 aliphatic carbocycles. The Morgan fingerprint density at radius 3 is 2.21 bits per heavy atom. The van der Waals surface area contributed by atoms with E-state index in [1.165, 1.54) is 0 Å². The summed E-state index contributed by atoms with van der Waals surface area (Å²) in [6.45, 7) is 1.88. The standard InChI is InChI=1S/C21H20N6O2/c1-2-26(21(28)29)17-13-16-18(20(22)23-17)24-25-27(16)19(14-9-5-3-6-10-14)15-11-7-4-8-12-15/h3-13,19H,2H2,1H3,(H2,22,23)(H,28,29)/p-1. The number of fused-ring (bicyclic) bond motifs is 1. The Bertz CT molecular complexity index is 1100. The van der Waals surface area contributed by atoms with Crippen molar-refractivity contribution in [2.75, 3.05) is 17.2 Å². The third kappa shape index (κ3) is 3.36. The number of benzene rings is 2. The van der Waals surface area contributed by atoms with Gasteiger partial charge in [-0.05, 0) is 18.1 Å². The van der Waals surface area contributed by atoms with Crippen molar-refractivity contribution in [1.29, 1.82) is 0 Å². The summed E-state index contributed by atoms with van der Waals surface area (Å²) in [6, 6.07) is 21.1. The van der Waals surface area contributed by atoms with E-state index in [-0.39, 0.29) is 24.2 Å². The maximum absolute atomic E-state index is 11.5. The molecule has 0 aliphatic heterocycles. The van der Waals surface area contributed by atoms with E-state index in [2.05, 4.69) is 15.3 Å². The Balaban J connectivity index is 1.95. The van der Waals surface area contributed by atoms with Gasteiger partial charge in [-0.3, -0.25) is 0 Å². The van der Waals surface area contributed by atoms with E-state index in [4.69, 9.17) is 5.73 Å². The van der Waals surface area contributed by atoms with Crippen LogP contribution >= 0.6 is 0 Å². The summed E-state index contributed by atoms with van der Waals surface area (Å²) < 4.78 is 1.74. The van der Waals surface area contributed by atoms with Crippen molar-refractivity contribution in [3.05, 3.63) is 77.9 Å². The number of rotatable bonds is 5. The lowest BCUT2D eigenvalue weighted by Gasteiger charge is -2.23. The van der Waals surface area contributed by atoms with Crippen molar-refractivity contribution >= 4 is 28.8 Å². The number of nitrogens with two attached hydrogens (primary N) is 1. The molecule has 0 saturated carbocycles. The zero-order chi connectivity index (χ0) is 20.4. The molecule has 0 atom stereocenters. The van der Waals surface area contributed by atoms with Crippen molar-refractivity contribution in [2.45, 2.75) is 13.0 Å². The first kappa shape index (κ1) is 18.4. The Kier molecular flexibility index (Phi) is 4.82. The molecule has 8 nitrogen and oxygen atoms in total. The first-order valence-corrected chi connectivity index (χ1v) is 9.20. The topological polar surface area (TPSA) is 113 Å². The third-order valence-corrected chi connectivity index (χ3v) is 4.76. The molecule has 0 aliphatic rings. The highest BCUT2D eigenvalue weighted by atomic mass is 16.4. The zero-order valence-corrected chi connectivity index (χ0v) is 15.8. The monoisotopic (exact) mass is 387 g/mol. The Morgan fingerprint density at radius 2 is 1.69 bits per heavy atom. The number of anilines is 2. The van der Waals surface area contributed by atoms with Gasteiger partial charge >= 0.3 is 0 Å². The highest BCUT2D eigenvalue weighted by molar-refractivity contribution is 5.91. The lowest BCUT2D eigenvalue weighted by molar-refractivity contribution is -0.246. The molecule has 2 aromatic heterocycles. The minimum absolute atomic E-state index is 0.114. The van der Waals surface area contributed by atoms with Gasteiger partial charge in [-0.15, -0.1) is 5.10 Å². The number of nitrogens with zero attached hydrogens (tertiary/aromatic N) is 5. The minimum atomic E-state index is -1.35. The normalized spacial score (nSPS) is 11.1. The summed E-state index contributed by atoms with van der Waals surface area (Å²) in [7, 11) is 0. The van der Waals surface area contributed by atoms with Gasteiger partial charge in [0.1, 0.15) is 18.0 Å². The molecule has 2 N–H and O–H groups in total. The summed E-state index contributed by atoms with van der Waals surface area (Å²) in [6.07, 6.45) is -1.35. The van der Waals surface area contributed by atoms with Crippen molar-refractivity contribution in [2.24, 2.45) is 0 Å². The van der Waals surface area contributed by atoms with Crippen LogP contribution in [0.1, 0.15) is 24.1 Å². The van der Waals surface area contributed by atoms with Crippen LogP contribution in [0.3, 0.4) is 0 Å². The summed E-state index contributed by atoms with van der Waals surface area (Å²) in [4.78, 5) is 16.7. The first-order valence-electron chi connectivity index (χ1n) is 9.20. The SMILES string of the molecule is CCN(C(=O)[O-])c1cc2c(nnn2C(c2ccccc2)c2ccccc2)c(N)n1. The van der Waals surface area contributed by atoms with Gasteiger partial charge < -0.3 is 20.5 Å². The number of hydrogen-bond donors (Lipinski definition) is 1. The quantitative estimate of drug-likeness (QED) is 0.562. The lowest BCUT2D eigenvalue weighted by Crippen LogP contribution is -2.41. The van der Waals surface area contributed by atoms with E-state index < -0.39 is 6.09 Å². The summed E-state index contributed by atoms with van der Waals surface area (Å²) >= 11 is 0. The van der Waals surface area contributed by atoms with E-state index in [1.807, 2.05) is 60.7 Å². The molecule has 1 amide bonds. The lowest BCUT2D eigenvalue weighted by atomic mass is 9.99. The average molecular weight is 387 g/mol. The van der Waals surface area contributed by atoms with Gasteiger partial charge in [-0.2, -0.15) is 0 Å². The molecule has 0 saturated heterocycles. The largest absolute Gasteiger partial charge is 0.530 e. The predicted octanol–water partition coefficient (Wildman–Crippen LogP) is 2.22. The van der Waals surface area contributed by atoms with Crippen LogP contribution in [0, 0.1) is 0 Å². The van der Waals surface area contributed by atoms with Gasteiger partial charge in [0.05, 0.1) is 5.52 Å². The molecule has 0 radical (unpaired) electrons. The number of hydrogen-bond acceptors (Lipinski definition) is 6. The van der Waals surface area contributed by atoms with Crippen molar-refractivity contribution in [3.63, 3.8) is 0 Å². The summed E-state index contributed by atoms with van der Waals surface area (Å²) in [5.74, 6) is 0.296. The number of carboxylic acid groups (broad SMARTS) is 1. The predicted molar refractivity (Wildman–Crippen MR) is 108 cm³/mol. The molecule has 8 heteroatoms. The van der Waals surface area contributed by atoms with Gasteiger partial charge in [-0.1, -0.05) is 65.9 Å². The van der Waals surface area contributed by atoms with E-state index in [0.717, 1.165) is 16.0 Å². The van der Waals surface area contributed by atoms with Crippen LogP contribution in [0.5, 0.6) is 0 Å². The van der Waals surface area contributed by atoms with Gasteiger partial charge in [0.25, 0.3) is 0 Å². The van der Waals surface area contributed by atoms with Gasteiger partial charge in [-0.25, -0.2) is 9.67 Å². The van der Waals surface area contributed by atoms with Gasteiger partial charge in [0.2, 0.25) is 0 Å². The molecule has 0 fully saturated rings. The Hall–Kier alpha value is -3.94. The number of pyridine rings is 1. The second kappa shape index (κ2) is 7.59. The van der Waals surface area contributed by atoms with E-state index >= 15 is 0 Å². The molecule has 29 heavy (non-hydrogen) atoms. The van der Waals surface area contributed by atoms with Crippen LogP contribution in [0.25, 0.3) is 11.0 Å². The number of carbonyl (C=O) groups excluding carboxylic acids is 1. The maximum Gasteiger partial charge on any atom is 0.156 e. The van der Waals surface area contributed by atoms with Crippen molar-refractivity contribution in [1.82, 2.24) is 20.0 Å². The highest BCUT2D eigenvalue weighted by Crippen LogP contribution is 2.31. The molecule has 0 unspecified atom stereocenters. The molecule has 2 aromatic carbocycles. The third-order valence-electron chi connectivity index (χ3n) is 4.76. The van der Waals surface area contributed by atoms with Crippen molar-refractivity contribution < 1.29 is 9.90 Å². The maximum atomic E-state index is 11.5. The molecular formula is C21H19N6O2-. The second-order valence-electron chi connectivity index (χ2n) is 6.50. The van der Waals surface area contributed by atoms with E-state index in [1.54, 1.807) is 17.7 Å². The van der Waals surface area contributed by atoms with E-state index in [0.29, 0.717) is 11.0 Å². The van der Waals surface area contributed by atoms with E-state index in [9.17, 15) is 9.90 Å². The molecule has 4 aromatic rings. The zero-order valence-electron chi connectivity index (χ0n) is 15.8. The fourth-order valence-corrected chi connectivity index (χ4v) is 3.41. The van der Waals surface area contributed by atoms with Crippen molar-refractivity contribution in [3.8, 4) is 0 Å². The molecule has 0 spiro atoms. The van der Waals surface area contributed by atoms with Crippen LogP contribution in [0.4, 0.5) is 16.4 Å². The van der Waals surface area contributed by atoms with Crippen LogP contribution in [-0.2, 0) is 0 Å². The number of amides is 1. The Labute approximate surface area is 167 Å².